The number of aliphatic hydroxyl groups is 2. The van der Waals surface area contributed by atoms with Gasteiger partial charge in [-0.15, -0.1) is 0 Å². The van der Waals surface area contributed by atoms with Crippen LogP contribution in [0, 0.1) is 0 Å². The third kappa shape index (κ3) is 5.18. The lowest BCUT2D eigenvalue weighted by molar-refractivity contribution is -0.180. The van der Waals surface area contributed by atoms with E-state index >= 15 is 0 Å². The quantitative estimate of drug-likeness (QED) is 0.590. The van der Waals surface area contributed by atoms with Crippen molar-refractivity contribution in [1.29, 1.82) is 0 Å². The largest absolute Gasteiger partial charge is 0.388 e. The molecule has 0 aromatic heterocycles. The lowest BCUT2D eigenvalue weighted by Gasteiger charge is -2.19. The topological polar surface area (TPSA) is 49.7 Å². The number of rotatable bonds is 5. The Morgan fingerprint density at radius 2 is 1.82 bits per heavy atom. The summed E-state index contributed by atoms with van der Waals surface area (Å²) >= 11 is 0. The molecule has 0 bridgehead atoms. The molecule has 0 heterocycles. The van der Waals surface area contributed by atoms with Gasteiger partial charge < -0.3 is 14.9 Å². The fourth-order valence-corrected chi connectivity index (χ4v) is 0.826. The normalized spacial score (nSPS) is 19.4. The molecule has 0 spiro atoms. The molecule has 68 valence electrons. The average molecular weight is 162 g/mol. The van der Waals surface area contributed by atoms with Gasteiger partial charge in [-0.05, 0) is 20.3 Å². The van der Waals surface area contributed by atoms with E-state index in [2.05, 4.69) is 6.92 Å². The monoisotopic (exact) mass is 162 g/mol. The lowest BCUT2D eigenvalue weighted by Crippen LogP contribution is -2.29. The molecule has 0 aromatic carbocycles. The van der Waals surface area contributed by atoms with E-state index in [0.29, 0.717) is 0 Å². The van der Waals surface area contributed by atoms with E-state index in [9.17, 15) is 0 Å². The lowest BCUT2D eigenvalue weighted by atomic mass is 10.2. The van der Waals surface area contributed by atoms with Crippen molar-refractivity contribution in [3.8, 4) is 0 Å². The maximum Gasteiger partial charge on any atom is 0.180 e. The summed E-state index contributed by atoms with van der Waals surface area (Å²) in [4.78, 5) is 0. The maximum absolute atomic E-state index is 9.05. The van der Waals surface area contributed by atoms with Gasteiger partial charge in [-0.25, -0.2) is 0 Å². The van der Waals surface area contributed by atoms with Crippen molar-refractivity contribution >= 4 is 0 Å². The fraction of sp³-hybridized carbons (Fsp3) is 1.00. The summed E-state index contributed by atoms with van der Waals surface area (Å²) in [7, 11) is 0. The molecule has 3 nitrogen and oxygen atoms in total. The maximum atomic E-state index is 9.05. The van der Waals surface area contributed by atoms with Gasteiger partial charge in [-0.1, -0.05) is 13.3 Å². The number of ether oxygens (including phenoxy) is 1. The van der Waals surface area contributed by atoms with E-state index in [-0.39, 0.29) is 6.10 Å². The molecule has 11 heavy (non-hydrogen) atoms. The van der Waals surface area contributed by atoms with Crippen molar-refractivity contribution in [1.82, 2.24) is 0 Å². The molecule has 0 amide bonds. The van der Waals surface area contributed by atoms with Crippen LogP contribution in [0.25, 0.3) is 0 Å². The Bertz CT molecular complexity index is 93.3. The molecule has 3 unspecified atom stereocenters. The van der Waals surface area contributed by atoms with Crippen molar-refractivity contribution in [3.63, 3.8) is 0 Å². The molecule has 3 heteroatoms. The van der Waals surface area contributed by atoms with E-state index in [1.165, 1.54) is 6.92 Å². The van der Waals surface area contributed by atoms with E-state index in [1.54, 1.807) is 0 Å². The van der Waals surface area contributed by atoms with Crippen LogP contribution in [0.15, 0.2) is 0 Å². The Hall–Kier alpha value is -0.120. The highest BCUT2D eigenvalue weighted by Crippen LogP contribution is 2.05. The molecule has 0 aliphatic carbocycles. The molecule has 0 radical (unpaired) electrons. The zero-order chi connectivity index (χ0) is 8.85. The molecular formula is C8H18O3. The van der Waals surface area contributed by atoms with E-state index in [1.807, 2.05) is 6.92 Å². The second-order valence-electron chi connectivity index (χ2n) is 2.87. The Labute approximate surface area is 68.0 Å². The van der Waals surface area contributed by atoms with Gasteiger partial charge in [0.15, 0.2) is 6.29 Å². The second-order valence-corrected chi connectivity index (χ2v) is 2.87. The summed E-state index contributed by atoms with van der Waals surface area (Å²) in [6.45, 7) is 5.44. The van der Waals surface area contributed by atoms with Crippen LogP contribution in [-0.4, -0.2) is 28.7 Å². The van der Waals surface area contributed by atoms with Crippen molar-refractivity contribution in [3.05, 3.63) is 0 Å². The van der Waals surface area contributed by atoms with Crippen LogP contribution in [0.2, 0.25) is 0 Å². The first-order valence-electron chi connectivity index (χ1n) is 4.09. The first-order valence-corrected chi connectivity index (χ1v) is 4.09. The van der Waals surface area contributed by atoms with Crippen LogP contribution in [0.1, 0.15) is 33.6 Å². The Morgan fingerprint density at radius 1 is 1.27 bits per heavy atom. The minimum absolute atomic E-state index is 0.0181. The van der Waals surface area contributed by atoms with Gasteiger partial charge >= 0.3 is 0 Å². The van der Waals surface area contributed by atoms with Crippen LogP contribution in [0.4, 0.5) is 0 Å². The average Bonchev–Trinajstić information content (AvgIpc) is 1.87. The van der Waals surface area contributed by atoms with E-state index in [0.717, 1.165) is 12.8 Å². The number of hydrogen-bond donors (Lipinski definition) is 2. The first kappa shape index (κ1) is 10.9. The van der Waals surface area contributed by atoms with Crippen LogP contribution < -0.4 is 0 Å². The molecule has 0 fully saturated rings. The third-order valence-electron chi connectivity index (χ3n) is 1.48. The molecule has 0 aromatic rings. The SMILES string of the molecule is CCCC(C)OC(O)C(C)O. The first-order chi connectivity index (χ1) is 5.07. The zero-order valence-corrected chi connectivity index (χ0v) is 7.45. The van der Waals surface area contributed by atoms with Gasteiger partial charge in [0, 0.05) is 0 Å². The van der Waals surface area contributed by atoms with Gasteiger partial charge in [-0.2, -0.15) is 0 Å². The van der Waals surface area contributed by atoms with Crippen LogP contribution >= 0.6 is 0 Å². The number of hydrogen-bond acceptors (Lipinski definition) is 3. The summed E-state index contributed by atoms with van der Waals surface area (Å²) in [5.41, 5.74) is 0. The predicted molar refractivity (Wildman–Crippen MR) is 43.1 cm³/mol. The predicted octanol–water partition coefficient (Wildman–Crippen LogP) is 0.891. The van der Waals surface area contributed by atoms with Crippen molar-refractivity contribution in [2.45, 2.75) is 52.1 Å². The standard InChI is InChI=1S/C8H18O3/c1-4-5-6(2)11-8(10)7(3)9/h6-10H,4-5H2,1-3H3. The number of aliphatic hydroxyl groups excluding tert-OH is 2. The zero-order valence-electron chi connectivity index (χ0n) is 7.45. The highest BCUT2D eigenvalue weighted by Gasteiger charge is 2.13. The molecule has 0 rings (SSSR count). The smallest absolute Gasteiger partial charge is 0.180 e. The highest BCUT2D eigenvalue weighted by atomic mass is 16.6. The Morgan fingerprint density at radius 3 is 2.18 bits per heavy atom. The van der Waals surface area contributed by atoms with Crippen LogP contribution in [0.3, 0.4) is 0 Å². The third-order valence-corrected chi connectivity index (χ3v) is 1.48. The molecule has 0 aliphatic heterocycles. The minimum atomic E-state index is -1.04. The summed E-state index contributed by atoms with van der Waals surface area (Å²) < 4.78 is 5.06. The molecular weight excluding hydrogens is 144 g/mol. The Balaban J connectivity index is 3.48. The van der Waals surface area contributed by atoms with Gasteiger partial charge in [0.2, 0.25) is 0 Å². The summed E-state index contributed by atoms with van der Waals surface area (Å²) in [5, 5.41) is 17.9. The second kappa shape index (κ2) is 5.52. The summed E-state index contributed by atoms with van der Waals surface area (Å²) in [6.07, 6.45) is 0.0905. The summed E-state index contributed by atoms with van der Waals surface area (Å²) in [5.74, 6) is 0. The van der Waals surface area contributed by atoms with Crippen molar-refractivity contribution in [2.24, 2.45) is 0 Å². The van der Waals surface area contributed by atoms with Gasteiger partial charge in [0.1, 0.15) is 6.10 Å². The molecule has 0 saturated carbocycles. The van der Waals surface area contributed by atoms with Crippen LogP contribution in [0.5, 0.6) is 0 Å². The molecule has 2 N–H and O–H groups in total. The van der Waals surface area contributed by atoms with Crippen molar-refractivity contribution < 1.29 is 14.9 Å². The van der Waals surface area contributed by atoms with Gasteiger partial charge in [0.05, 0.1) is 6.10 Å². The summed E-state index contributed by atoms with van der Waals surface area (Å²) in [6, 6.07) is 0. The molecule has 3 atom stereocenters. The van der Waals surface area contributed by atoms with E-state index in [4.69, 9.17) is 14.9 Å². The van der Waals surface area contributed by atoms with E-state index < -0.39 is 12.4 Å². The molecule has 0 saturated heterocycles. The van der Waals surface area contributed by atoms with Gasteiger partial charge in [-0.3, -0.25) is 0 Å². The van der Waals surface area contributed by atoms with Gasteiger partial charge in [0.25, 0.3) is 0 Å². The highest BCUT2D eigenvalue weighted by molar-refractivity contribution is 4.54. The minimum Gasteiger partial charge on any atom is -0.388 e. The Kier molecular flexibility index (Phi) is 5.46. The molecule has 0 aliphatic rings. The van der Waals surface area contributed by atoms with Crippen LogP contribution in [-0.2, 0) is 4.74 Å². The van der Waals surface area contributed by atoms with Crippen molar-refractivity contribution in [2.75, 3.05) is 0 Å². The fourth-order valence-electron chi connectivity index (χ4n) is 0.826.